The average Bonchev–Trinajstić information content (AvgIpc) is 2.28. The van der Waals surface area contributed by atoms with Crippen molar-refractivity contribution >= 4 is 11.8 Å². The minimum absolute atomic E-state index is 0.0303. The molecule has 0 radical (unpaired) electrons. The molecule has 0 aliphatic rings. The minimum Gasteiger partial charge on any atom is -0.489 e. The highest BCUT2D eigenvalue weighted by Crippen LogP contribution is 2.38. The number of hydrogen-bond donors (Lipinski definition) is 0. The van der Waals surface area contributed by atoms with Gasteiger partial charge in [-0.1, -0.05) is 13.8 Å². The monoisotopic (exact) mass is 272 g/mol. The van der Waals surface area contributed by atoms with Gasteiger partial charge in [0.25, 0.3) is 0 Å². The lowest BCUT2D eigenvalue weighted by Gasteiger charge is -2.18. The molecular weight excluding hydrogens is 251 g/mol. The standard InChI is InChI=1S/C14H21FO2S/c1-9(2)8-16-12-6-11(15)7-13(18-5)14(12)17-10(3)4/h6-7,9-10H,8H2,1-5H3. The highest BCUT2D eigenvalue weighted by atomic mass is 32.2. The number of hydrogen-bond acceptors (Lipinski definition) is 3. The van der Waals surface area contributed by atoms with Crippen LogP contribution in [-0.2, 0) is 0 Å². The Morgan fingerprint density at radius 3 is 2.39 bits per heavy atom. The zero-order valence-corrected chi connectivity index (χ0v) is 12.4. The Hall–Kier alpha value is -0.900. The molecule has 0 saturated heterocycles. The van der Waals surface area contributed by atoms with Crippen LogP contribution in [0, 0.1) is 11.7 Å². The van der Waals surface area contributed by atoms with Crippen LogP contribution in [0.1, 0.15) is 27.7 Å². The molecule has 0 aromatic heterocycles. The summed E-state index contributed by atoms with van der Waals surface area (Å²) in [5, 5.41) is 0. The van der Waals surface area contributed by atoms with Crippen molar-refractivity contribution in [1.82, 2.24) is 0 Å². The van der Waals surface area contributed by atoms with Gasteiger partial charge in [0.05, 0.1) is 17.6 Å². The van der Waals surface area contributed by atoms with E-state index >= 15 is 0 Å². The van der Waals surface area contributed by atoms with Crippen molar-refractivity contribution in [3.63, 3.8) is 0 Å². The number of thioether (sulfide) groups is 1. The normalized spacial score (nSPS) is 11.1. The van der Waals surface area contributed by atoms with Gasteiger partial charge in [0.2, 0.25) is 0 Å². The molecule has 1 rings (SSSR count). The summed E-state index contributed by atoms with van der Waals surface area (Å²) in [6, 6.07) is 2.87. The SMILES string of the molecule is CSc1cc(F)cc(OCC(C)C)c1OC(C)C. The number of benzene rings is 1. The molecule has 0 bridgehead atoms. The molecule has 0 aliphatic carbocycles. The number of ether oxygens (including phenoxy) is 2. The third-order valence-corrected chi connectivity index (χ3v) is 2.87. The van der Waals surface area contributed by atoms with Crippen LogP contribution in [0.2, 0.25) is 0 Å². The second-order valence-corrected chi connectivity index (χ2v) is 5.65. The van der Waals surface area contributed by atoms with E-state index in [0.29, 0.717) is 24.0 Å². The van der Waals surface area contributed by atoms with E-state index in [0.717, 1.165) is 4.90 Å². The van der Waals surface area contributed by atoms with E-state index in [4.69, 9.17) is 9.47 Å². The van der Waals surface area contributed by atoms with Gasteiger partial charge in [-0.25, -0.2) is 4.39 Å². The number of rotatable bonds is 6. The molecule has 1 aromatic carbocycles. The molecular formula is C14H21FO2S. The Morgan fingerprint density at radius 1 is 1.22 bits per heavy atom. The van der Waals surface area contributed by atoms with Crippen LogP contribution in [0.25, 0.3) is 0 Å². The van der Waals surface area contributed by atoms with E-state index in [9.17, 15) is 4.39 Å². The summed E-state index contributed by atoms with van der Waals surface area (Å²) in [5.41, 5.74) is 0. The molecule has 0 spiro atoms. The summed E-state index contributed by atoms with van der Waals surface area (Å²) in [4.78, 5) is 0.766. The van der Waals surface area contributed by atoms with Crippen molar-refractivity contribution in [2.75, 3.05) is 12.9 Å². The van der Waals surface area contributed by atoms with Crippen molar-refractivity contribution in [2.45, 2.75) is 38.7 Å². The van der Waals surface area contributed by atoms with Crippen LogP contribution in [-0.4, -0.2) is 19.0 Å². The summed E-state index contributed by atoms with van der Waals surface area (Å²) >= 11 is 1.45. The predicted molar refractivity (Wildman–Crippen MR) is 74.3 cm³/mol. The molecule has 102 valence electrons. The van der Waals surface area contributed by atoms with Crippen molar-refractivity contribution in [3.05, 3.63) is 17.9 Å². The van der Waals surface area contributed by atoms with Gasteiger partial charge < -0.3 is 9.47 Å². The molecule has 1 aromatic rings. The third-order valence-electron chi connectivity index (χ3n) is 2.13. The van der Waals surface area contributed by atoms with Crippen molar-refractivity contribution < 1.29 is 13.9 Å². The van der Waals surface area contributed by atoms with Gasteiger partial charge in [-0.05, 0) is 32.1 Å². The van der Waals surface area contributed by atoms with Crippen LogP contribution >= 0.6 is 11.8 Å². The topological polar surface area (TPSA) is 18.5 Å². The van der Waals surface area contributed by atoms with E-state index in [1.165, 1.54) is 23.9 Å². The average molecular weight is 272 g/mol. The summed E-state index contributed by atoms with van der Waals surface area (Å²) in [6.07, 6.45) is 1.93. The molecule has 0 fully saturated rings. The second kappa shape index (κ2) is 6.88. The summed E-state index contributed by atoms with van der Waals surface area (Å²) in [7, 11) is 0. The van der Waals surface area contributed by atoms with Crippen LogP contribution in [0.3, 0.4) is 0 Å². The fraction of sp³-hybridized carbons (Fsp3) is 0.571. The molecule has 0 amide bonds. The van der Waals surface area contributed by atoms with Gasteiger partial charge >= 0.3 is 0 Å². The molecule has 0 heterocycles. The Labute approximate surface area is 113 Å². The summed E-state index contributed by atoms with van der Waals surface area (Å²) in [6.45, 7) is 8.54. The lowest BCUT2D eigenvalue weighted by atomic mass is 10.2. The van der Waals surface area contributed by atoms with E-state index in [1.54, 1.807) is 0 Å². The summed E-state index contributed by atoms with van der Waals surface area (Å²) < 4.78 is 24.9. The first-order valence-corrected chi connectivity index (χ1v) is 7.33. The van der Waals surface area contributed by atoms with Gasteiger partial charge in [-0.3, -0.25) is 0 Å². The lowest BCUT2D eigenvalue weighted by molar-refractivity contribution is 0.206. The zero-order chi connectivity index (χ0) is 13.7. The fourth-order valence-corrected chi connectivity index (χ4v) is 1.98. The van der Waals surface area contributed by atoms with Gasteiger partial charge in [0.1, 0.15) is 5.82 Å². The first-order valence-electron chi connectivity index (χ1n) is 6.11. The molecule has 0 unspecified atom stereocenters. The van der Waals surface area contributed by atoms with E-state index in [-0.39, 0.29) is 11.9 Å². The largest absolute Gasteiger partial charge is 0.489 e. The maximum atomic E-state index is 13.5. The van der Waals surface area contributed by atoms with Crippen LogP contribution in [0.5, 0.6) is 11.5 Å². The van der Waals surface area contributed by atoms with Crippen LogP contribution in [0.15, 0.2) is 17.0 Å². The van der Waals surface area contributed by atoms with E-state index in [1.807, 2.05) is 20.1 Å². The van der Waals surface area contributed by atoms with Crippen LogP contribution < -0.4 is 9.47 Å². The summed E-state index contributed by atoms with van der Waals surface area (Å²) in [5.74, 6) is 1.22. The minimum atomic E-state index is -0.297. The second-order valence-electron chi connectivity index (χ2n) is 4.81. The smallest absolute Gasteiger partial charge is 0.175 e. The first-order chi connectivity index (χ1) is 8.43. The molecule has 0 N–H and O–H groups in total. The van der Waals surface area contributed by atoms with Gasteiger partial charge in [0.15, 0.2) is 11.5 Å². The molecule has 0 atom stereocenters. The zero-order valence-electron chi connectivity index (χ0n) is 11.6. The first kappa shape index (κ1) is 15.2. The van der Waals surface area contributed by atoms with Gasteiger partial charge in [-0.15, -0.1) is 11.8 Å². The predicted octanol–water partition coefficient (Wildman–Crippen LogP) is 4.37. The quantitative estimate of drug-likeness (QED) is 0.716. The Bertz CT molecular complexity index is 392. The maximum absolute atomic E-state index is 13.5. The lowest BCUT2D eigenvalue weighted by Crippen LogP contribution is -2.11. The third kappa shape index (κ3) is 4.41. The van der Waals surface area contributed by atoms with Crippen LogP contribution in [0.4, 0.5) is 4.39 Å². The van der Waals surface area contributed by atoms with Gasteiger partial charge in [0, 0.05) is 6.07 Å². The Kier molecular flexibility index (Phi) is 5.79. The highest BCUT2D eigenvalue weighted by molar-refractivity contribution is 7.98. The molecule has 2 nitrogen and oxygen atoms in total. The molecule has 18 heavy (non-hydrogen) atoms. The van der Waals surface area contributed by atoms with E-state index < -0.39 is 0 Å². The van der Waals surface area contributed by atoms with Crippen molar-refractivity contribution in [2.24, 2.45) is 5.92 Å². The van der Waals surface area contributed by atoms with Crippen molar-refractivity contribution in [3.8, 4) is 11.5 Å². The Morgan fingerprint density at radius 2 is 1.89 bits per heavy atom. The van der Waals surface area contributed by atoms with E-state index in [2.05, 4.69) is 13.8 Å². The fourth-order valence-electron chi connectivity index (χ4n) is 1.41. The molecule has 4 heteroatoms. The highest BCUT2D eigenvalue weighted by Gasteiger charge is 2.15. The van der Waals surface area contributed by atoms with Gasteiger partial charge in [-0.2, -0.15) is 0 Å². The molecule has 0 aliphatic heterocycles. The van der Waals surface area contributed by atoms with Crippen molar-refractivity contribution in [1.29, 1.82) is 0 Å². The molecule has 0 saturated carbocycles. The Balaban J connectivity index is 3.06. The number of halogens is 1. The maximum Gasteiger partial charge on any atom is 0.175 e.